The number of nitrogens with zero attached hydrogens (tertiary/aromatic N) is 1. The second-order valence-corrected chi connectivity index (χ2v) is 6.38. The highest BCUT2D eigenvalue weighted by Gasteiger charge is 2.04. The van der Waals surface area contributed by atoms with E-state index in [2.05, 4.69) is 36.9 Å². The van der Waals surface area contributed by atoms with E-state index >= 15 is 0 Å². The molecule has 0 spiro atoms. The van der Waals surface area contributed by atoms with Gasteiger partial charge in [-0.05, 0) is 24.5 Å². The molecule has 1 rings (SSSR count). The summed E-state index contributed by atoms with van der Waals surface area (Å²) >= 11 is 0. The minimum atomic E-state index is 0.207. The molecule has 2 heteroatoms. The third-order valence-corrected chi connectivity index (χ3v) is 4.41. The topological polar surface area (TPSA) is 30.9 Å². The highest BCUT2D eigenvalue weighted by Crippen LogP contribution is 2.15. The van der Waals surface area contributed by atoms with Gasteiger partial charge in [-0.3, -0.25) is 0 Å². The van der Waals surface area contributed by atoms with Gasteiger partial charge in [-0.1, -0.05) is 71.6 Å². The van der Waals surface area contributed by atoms with Crippen LogP contribution in [0.4, 0.5) is 0 Å². The number of aryl methyl sites for hydroxylation is 1. The summed E-state index contributed by atoms with van der Waals surface area (Å²) in [6, 6.07) is 2.38. The molecule has 1 heterocycles. The molecule has 0 amide bonds. The van der Waals surface area contributed by atoms with E-state index in [4.69, 9.17) is 5.73 Å². The van der Waals surface area contributed by atoms with Crippen molar-refractivity contribution in [2.75, 3.05) is 0 Å². The van der Waals surface area contributed by atoms with Gasteiger partial charge in [0.15, 0.2) is 0 Å². The van der Waals surface area contributed by atoms with Crippen LogP contribution in [0.25, 0.3) is 0 Å². The average Bonchev–Trinajstić information content (AvgIpc) is 2.97. The molecule has 0 bridgehead atoms. The van der Waals surface area contributed by atoms with Gasteiger partial charge in [0.05, 0.1) is 0 Å². The van der Waals surface area contributed by atoms with E-state index < -0.39 is 0 Å². The summed E-state index contributed by atoms with van der Waals surface area (Å²) in [5.74, 6) is 0. The van der Waals surface area contributed by atoms with Crippen molar-refractivity contribution in [2.45, 2.75) is 97.1 Å². The Labute approximate surface area is 132 Å². The molecular weight excluding hydrogens is 256 g/mol. The second-order valence-electron chi connectivity index (χ2n) is 6.38. The molecule has 2 N–H and O–H groups in total. The van der Waals surface area contributed by atoms with Crippen LogP contribution in [0, 0.1) is 0 Å². The maximum Gasteiger partial charge on any atom is 0.0307 e. The van der Waals surface area contributed by atoms with Gasteiger partial charge in [0.2, 0.25) is 0 Å². The van der Waals surface area contributed by atoms with Gasteiger partial charge in [-0.25, -0.2) is 0 Å². The van der Waals surface area contributed by atoms with Gasteiger partial charge in [0.1, 0.15) is 0 Å². The fraction of sp³-hybridized carbons (Fsp3) is 0.789. The highest BCUT2D eigenvalue weighted by atomic mass is 14.9. The van der Waals surface area contributed by atoms with Crippen molar-refractivity contribution in [2.24, 2.45) is 5.73 Å². The Hall–Kier alpha value is -0.760. The molecular formula is C19H36N2. The summed E-state index contributed by atoms with van der Waals surface area (Å²) in [6.07, 6.45) is 19.4. The Kier molecular flexibility index (Phi) is 10.3. The summed E-state index contributed by atoms with van der Waals surface area (Å²) in [7, 11) is 0. The first-order chi connectivity index (χ1) is 10.3. The van der Waals surface area contributed by atoms with Crippen molar-refractivity contribution in [3.05, 3.63) is 24.0 Å². The first-order valence-electron chi connectivity index (χ1n) is 9.19. The lowest BCUT2D eigenvalue weighted by Crippen LogP contribution is -2.07. The van der Waals surface area contributed by atoms with Crippen LogP contribution in [0.3, 0.4) is 0 Å². The Balaban J connectivity index is 1.95. The van der Waals surface area contributed by atoms with Crippen molar-refractivity contribution in [3.63, 3.8) is 0 Å². The Morgan fingerprint density at radius 2 is 1.48 bits per heavy atom. The molecule has 0 saturated heterocycles. The normalized spacial score (nSPS) is 12.7. The second kappa shape index (κ2) is 11.9. The van der Waals surface area contributed by atoms with E-state index in [0.717, 1.165) is 13.0 Å². The Morgan fingerprint density at radius 1 is 0.905 bits per heavy atom. The fourth-order valence-corrected chi connectivity index (χ4v) is 2.84. The standard InChI is InChI=1S/C19H36N2/c1-3-5-6-7-8-9-10-11-12-13-15-21-16-14-18(17-21)19(20)4-2/h14,16-17,19H,3-13,15,20H2,1-2H3. The van der Waals surface area contributed by atoms with E-state index in [1.165, 1.54) is 69.8 Å². The number of nitrogens with two attached hydrogens (primary N) is 1. The molecule has 0 aliphatic rings. The predicted molar refractivity (Wildman–Crippen MR) is 93.5 cm³/mol. The molecule has 21 heavy (non-hydrogen) atoms. The van der Waals surface area contributed by atoms with Crippen molar-refractivity contribution < 1.29 is 0 Å². The lowest BCUT2D eigenvalue weighted by molar-refractivity contribution is 0.534. The zero-order valence-corrected chi connectivity index (χ0v) is 14.3. The molecule has 0 fully saturated rings. The van der Waals surface area contributed by atoms with Gasteiger partial charge < -0.3 is 10.3 Å². The lowest BCUT2D eigenvalue weighted by Gasteiger charge is -2.06. The van der Waals surface area contributed by atoms with Crippen LogP contribution in [0.1, 0.15) is 96.1 Å². The van der Waals surface area contributed by atoms with Crippen LogP contribution >= 0.6 is 0 Å². The minimum Gasteiger partial charge on any atom is -0.354 e. The molecule has 0 aliphatic carbocycles. The fourth-order valence-electron chi connectivity index (χ4n) is 2.84. The lowest BCUT2D eigenvalue weighted by atomic mass is 10.1. The molecule has 2 nitrogen and oxygen atoms in total. The molecule has 1 aromatic rings. The monoisotopic (exact) mass is 292 g/mol. The molecule has 0 aromatic carbocycles. The molecule has 0 aliphatic heterocycles. The number of unbranched alkanes of at least 4 members (excludes halogenated alkanes) is 9. The summed E-state index contributed by atoms with van der Waals surface area (Å²) in [5.41, 5.74) is 7.33. The zero-order chi connectivity index (χ0) is 15.3. The third-order valence-electron chi connectivity index (χ3n) is 4.41. The molecule has 1 aromatic heterocycles. The van der Waals surface area contributed by atoms with Crippen LogP contribution in [0.15, 0.2) is 18.5 Å². The summed E-state index contributed by atoms with van der Waals surface area (Å²) < 4.78 is 2.30. The van der Waals surface area contributed by atoms with E-state index in [9.17, 15) is 0 Å². The van der Waals surface area contributed by atoms with Crippen molar-refractivity contribution >= 4 is 0 Å². The zero-order valence-electron chi connectivity index (χ0n) is 14.3. The molecule has 122 valence electrons. The average molecular weight is 293 g/mol. The first kappa shape index (κ1) is 18.3. The van der Waals surface area contributed by atoms with Crippen LogP contribution in [0.2, 0.25) is 0 Å². The number of rotatable bonds is 13. The van der Waals surface area contributed by atoms with Gasteiger partial charge in [0.25, 0.3) is 0 Å². The number of aromatic nitrogens is 1. The van der Waals surface area contributed by atoms with Crippen LogP contribution in [0.5, 0.6) is 0 Å². The molecule has 0 radical (unpaired) electrons. The summed E-state index contributed by atoms with van der Waals surface area (Å²) in [6.45, 7) is 5.57. The van der Waals surface area contributed by atoms with E-state index in [1.807, 2.05) is 0 Å². The van der Waals surface area contributed by atoms with E-state index in [-0.39, 0.29) is 6.04 Å². The predicted octanol–water partition coefficient (Wildman–Crippen LogP) is 5.82. The molecule has 1 atom stereocenters. The van der Waals surface area contributed by atoms with Crippen molar-refractivity contribution in [1.29, 1.82) is 0 Å². The smallest absolute Gasteiger partial charge is 0.0307 e. The maximum absolute atomic E-state index is 6.05. The third kappa shape index (κ3) is 8.31. The van der Waals surface area contributed by atoms with E-state index in [1.54, 1.807) is 0 Å². The SMILES string of the molecule is CCCCCCCCCCCCn1ccc(C(N)CC)c1. The molecule has 1 unspecified atom stereocenters. The number of hydrogen-bond donors (Lipinski definition) is 1. The Bertz CT molecular complexity index is 343. The largest absolute Gasteiger partial charge is 0.354 e. The van der Waals surface area contributed by atoms with Gasteiger partial charge in [0, 0.05) is 25.0 Å². The van der Waals surface area contributed by atoms with Gasteiger partial charge in [-0.15, -0.1) is 0 Å². The van der Waals surface area contributed by atoms with Crippen molar-refractivity contribution in [1.82, 2.24) is 4.57 Å². The van der Waals surface area contributed by atoms with E-state index in [0.29, 0.717) is 0 Å². The summed E-state index contributed by atoms with van der Waals surface area (Å²) in [4.78, 5) is 0. The van der Waals surface area contributed by atoms with Crippen LogP contribution in [-0.4, -0.2) is 4.57 Å². The van der Waals surface area contributed by atoms with Gasteiger partial charge in [-0.2, -0.15) is 0 Å². The molecule has 0 saturated carbocycles. The first-order valence-corrected chi connectivity index (χ1v) is 9.19. The maximum atomic E-state index is 6.05. The number of hydrogen-bond acceptors (Lipinski definition) is 1. The quantitative estimate of drug-likeness (QED) is 0.456. The van der Waals surface area contributed by atoms with Crippen LogP contribution in [-0.2, 0) is 6.54 Å². The van der Waals surface area contributed by atoms with Gasteiger partial charge >= 0.3 is 0 Å². The summed E-state index contributed by atoms with van der Waals surface area (Å²) in [5, 5.41) is 0. The van der Waals surface area contributed by atoms with Crippen LogP contribution < -0.4 is 5.73 Å². The highest BCUT2D eigenvalue weighted by molar-refractivity contribution is 5.14. The Morgan fingerprint density at radius 3 is 2.05 bits per heavy atom. The van der Waals surface area contributed by atoms with Crippen molar-refractivity contribution in [3.8, 4) is 0 Å². The minimum absolute atomic E-state index is 0.207.